The van der Waals surface area contributed by atoms with Gasteiger partial charge < -0.3 is 19.9 Å². The van der Waals surface area contributed by atoms with E-state index in [0.717, 1.165) is 29.0 Å². The van der Waals surface area contributed by atoms with Crippen molar-refractivity contribution >= 4 is 23.6 Å². The average molecular weight is 549 g/mol. The van der Waals surface area contributed by atoms with E-state index in [1.165, 1.54) is 11.2 Å². The number of hydrogen-bond acceptors (Lipinski definition) is 6. The number of ether oxygens (including phenoxy) is 1. The van der Waals surface area contributed by atoms with Gasteiger partial charge in [-0.3, -0.25) is 9.59 Å². The van der Waals surface area contributed by atoms with E-state index in [-0.39, 0.29) is 24.3 Å². The summed E-state index contributed by atoms with van der Waals surface area (Å²) < 4.78 is 35.2. The van der Waals surface area contributed by atoms with Crippen molar-refractivity contribution in [2.24, 2.45) is 11.8 Å². The molecule has 1 aliphatic heterocycles. The maximum atomic E-state index is 14.0. The van der Waals surface area contributed by atoms with Crippen LogP contribution in [-0.2, 0) is 14.3 Å². The number of likely N-dealkylation sites (tertiary alicyclic amines) is 1. The Hall–Kier alpha value is -3.31. The molecule has 3 heterocycles. The molecule has 0 bridgehead atoms. The number of fused-ring (bicyclic) bond motifs is 1. The molecule has 2 atom stereocenters. The molecular weight excluding hydrogens is 510 g/mol. The lowest BCUT2D eigenvalue weighted by Gasteiger charge is -2.39. The van der Waals surface area contributed by atoms with E-state index in [1.807, 2.05) is 18.3 Å². The number of nitrogens with one attached hydrogen (secondary N) is 1. The first-order valence-electron chi connectivity index (χ1n) is 13.4. The summed E-state index contributed by atoms with van der Waals surface area (Å²) in [5.41, 5.74) is 1.02. The highest BCUT2D eigenvalue weighted by Crippen LogP contribution is 2.41. The fourth-order valence-corrected chi connectivity index (χ4v) is 5.66. The third kappa shape index (κ3) is 6.83. The van der Waals surface area contributed by atoms with Crippen molar-refractivity contribution in [1.82, 2.24) is 29.7 Å². The summed E-state index contributed by atoms with van der Waals surface area (Å²) in [5, 5.41) is 6.82. The number of carbonyl (C=O) groups excluding carboxylic acids is 3. The molecule has 12 heteroatoms. The van der Waals surface area contributed by atoms with Crippen molar-refractivity contribution in [3.8, 4) is 0 Å². The number of hydrogen-bond donors (Lipinski definition) is 1. The molecule has 39 heavy (non-hydrogen) atoms. The third-order valence-electron chi connectivity index (χ3n) is 7.55. The van der Waals surface area contributed by atoms with Gasteiger partial charge in [0.2, 0.25) is 11.8 Å². The molecule has 2 aromatic rings. The first kappa shape index (κ1) is 28.7. The first-order chi connectivity index (χ1) is 18.2. The van der Waals surface area contributed by atoms with Crippen LogP contribution in [0.25, 0.3) is 5.65 Å². The molecule has 2 aliphatic rings. The normalized spacial score (nSPS) is 22.8. The maximum Gasteiger partial charge on any atom is 0.408 e. The minimum absolute atomic E-state index is 0.140. The molecule has 0 radical (unpaired) electrons. The summed E-state index contributed by atoms with van der Waals surface area (Å²) in [6.45, 7) is 4.18. The van der Waals surface area contributed by atoms with Crippen molar-refractivity contribution in [1.29, 1.82) is 0 Å². The number of aromatic nitrogens is 3. The van der Waals surface area contributed by atoms with Gasteiger partial charge in [0.1, 0.15) is 18.0 Å². The van der Waals surface area contributed by atoms with Crippen molar-refractivity contribution in [2.45, 2.75) is 76.4 Å². The molecular formula is C27H38F2N6O4. The lowest BCUT2D eigenvalue weighted by atomic mass is 9.71. The Labute approximate surface area is 227 Å². The Balaban J connectivity index is 1.58. The van der Waals surface area contributed by atoms with Crippen LogP contribution in [0.1, 0.15) is 64.4 Å². The predicted octanol–water partition coefficient (Wildman–Crippen LogP) is 3.47. The number of rotatable bonds is 6. The molecule has 1 saturated heterocycles. The van der Waals surface area contributed by atoms with E-state index in [9.17, 15) is 23.2 Å². The van der Waals surface area contributed by atoms with Gasteiger partial charge in [0.25, 0.3) is 5.92 Å². The number of carbonyl (C=O) groups is 3. The van der Waals surface area contributed by atoms with E-state index in [1.54, 1.807) is 39.4 Å². The van der Waals surface area contributed by atoms with Gasteiger partial charge in [0.05, 0.1) is 12.5 Å². The number of alkyl halides is 2. The monoisotopic (exact) mass is 548 g/mol. The van der Waals surface area contributed by atoms with Crippen molar-refractivity contribution < 1.29 is 27.9 Å². The smallest absolute Gasteiger partial charge is 0.408 e. The zero-order valence-corrected chi connectivity index (χ0v) is 23.2. The summed E-state index contributed by atoms with van der Waals surface area (Å²) in [4.78, 5) is 46.7. The van der Waals surface area contributed by atoms with Crippen LogP contribution < -0.4 is 5.32 Å². The number of nitrogens with zero attached hydrogens (tertiary/aromatic N) is 5. The predicted molar refractivity (Wildman–Crippen MR) is 139 cm³/mol. The largest absolute Gasteiger partial charge is 0.444 e. The highest BCUT2D eigenvalue weighted by Gasteiger charge is 2.48. The summed E-state index contributed by atoms with van der Waals surface area (Å²) >= 11 is 0. The van der Waals surface area contributed by atoms with Gasteiger partial charge >= 0.3 is 6.09 Å². The second kappa shape index (κ2) is 11.1. The summed E-state index contributed by atoms with van der Waals surface area (Å²) in [6, 6.07) is 2.62. The van der Waals surface area contributed by atoms with Crippen LogP contribution in [0.2, 0.25) is 0 Å². The Kier molecular flexibility index (Phi) is 8.13. The van der Waals surface area contributed by atoms with E-state index >= 15 is 0 Å². The second-order valence-electron chi connectivity index (χ2n) is 11.9. The van der Waals surface area contributed by atoms with E-state index < -0.39 is 48.4 Å². The minimum Gasteiger partial charge on any atom is -0.444 e. The molecule has 1 saturated carbocycles. The highest BCUT2D eigenvalue weighted by atomic mass is 19.3. The Morgan fingerprint density at radius 3 is 2.44 bits per heavy atom. The molecule has 2 aromatic heterocycles. The van der Waals surface area contributed by atoms with Crippen LogP contribution in [0.4, 0.5) is 13.6 Å². The Morgan fingerprint density at radius 1 is 1.15 bits per heavy atom. The molecule has 4 rings (SSSR count). The van der Waals surface area contributed by atoms with Gasteiger partial charge in [-0.25, -0.2) is 23.1 Å². The molecule has 214 valence electrons. The number of amides is 3. The Morgan fingerprint density at radius 2 is 1.85 bits per heavy atom. The van der Waals surface area contributed by atoms with E-state index in [0.29, 0.717) is 12.8 Å². The minimum atomic E-state index is -3.00. The van der Waals surface area contributed by atoms with Gasteiger partial charge in [-0.1, -0.05) is 6.07 Å². The average Bonchev–Trinajstić information content (AvgIpc) is 3.47. The molecule has 0 unspecified atom stereocenters. The summed E-state index contributed by atoms with van der Waals surface area (Å²) in [7, 11) is 3.18. The second-order valence-corrected chi connectivity index (χ2v) is 11.9. The quantitative estimate of drug-likeness (QED) is 0.592. The van der Waals surface area contributed by atoms with E-state index in [2.05, 4.69) is 15.4 Å². The van der Waals surface area contributed by atoms with Gasteiger partial charge in [0.15, 0.2) is 5.65 Å². The van der Waals surface area contributed by atoms with Crippen LogP contribution in [-0.4, -0.2) is 87.1 Å². The molecule has 0 aromatic carbocycles. The highest BCUT2D eigenvalue weighted by molar-refractivity contribution is 5.92. The van der Waals surface area contributed by atoms with Crippen LogP contribution in [0, 0.1) is 11.8 Å². The molecule has 2 fully saturated rings. The van der Waals surface area contributed by atoms with Gasteiger partial charge in [-0.15, -0.1) is 0 Å². The van der Waals surface area contributed by atoms with Crippen molar-refractivity contribution in [2.75, 3.05) is 27.2 Å². The summed E-state index contributed by atoms with van der Waals surface area (Å²) in [5.74, 6) is -4.95. The van der Waals surface area contributed by atoms with Gasteiger partial charge in [-0.2, -0.15) is 5.10 Å². The first-order valence-corrected chi connectivity index (χ1v) is 13.4. The van der Waals surface area contributed by atoms with Crippen LogP contribution in [0.3, 0.4) is 0 Å². The van der Waals surface area contributed by atoms with Crippen molar-refractivity contribution in [3.05, 3.63) is 30.2 Å². The number of pyridine rings is 1. The fourth-order valence-electron chi connectivity index (χ4n) is 5.66. The van der Waals surface area contributed by atoms with Gasteiger partial charge in [0, 0.05) is 33.3 Å². The zero-order valence-electron chi connectivity index (χ0n) is 23.2. The molecule has 3 amide bonds. The lowest BCUT2D eigenvalue weighted by Crippen LogP contribution is -2.58. The summed E-state index contributed by atoms with van der Waals surface area (Å²) in [6.07, 6.45) is 4.91. The van der Waals surface area contributed by atoms with Crippen molar-refractivity contribution in [3.63, 3.8) is 0 Å². The molecule has 1 aliphatic carbocycles. The molecule has 1 N–H and O–H groups in total. The van der Waals surface area contributed by atoms with Crippen LogP contribution in [0.15, 0.2) is 24.7 Å². The SMILES string of the molecule is CN(C)C(=O)[C@@H](C1CCC(c2ccc3ncnn3c2)CC1)[C@H](NC(=O)OC(C)(C)C)C(=O)N1CCC(F)(F)C1. The molecule has 0 spiro atoms. The maximum absolute atomic E-state index is 14.0. The topological polar surface area (TPSA) is 109 Å². The third-order valence-corrected chi connectivity index (χ3v) is 7.55. The van der Waals surface area contributed by atoms with Crippen LogP contribution in [0.5, 0.6) is 0 Å². The number of halogens is 2. The Bertz CT molecular complexity index is 1200. The number of alkyl carbamates (subject to hydrolysis) is 1. The lowest BCUT2D eigenvalue weighted by molar-refractivity contribution is -0.145. The fraction of sp³-hybridized carbons (Fsp3) is 0.667. The van der Waals surface area contributed by atoms with Crippen LogP contribution >= 0.6 is 0 Å². The molecule has 10 nitrogen and oxygen atoms in total. The van der Waals surface area contributed by atoms with E-state index in [4.69, 9.17) is 4.74 Å². The zero-order chi connectivity index (χ0) is 28.5. The van der Waals surface area contributed by atoms with Gasteiger partial charge in [-0.05, 0) is 69.9 Å². The standard InChI is InChI=1S/C27H38F2N6O4/c1-26(2,3)39-25(38)32-22(24(37)34-13-12-27(28,29)15-34)21(23(36)33(4)5)18-8-6-17(7-9-18)19-10-11-20-30-16-31-35(20)14-19/h10-11,14,16-18,21-22H,6-9,12-13,15H2,1-5H3,(H,32,38)/t17?,18?,21-,22-/m0/s1.